The second-order valence-electron chi connectivity index (χ2n) is 5.71. The molecule has 1 aromatic heterocycles. The van der Waals surface area contributed by atoms with E-state index in [-0.39, 0.29) is 11.7 Å². The summed E-state index contributed by atoms with van der Waals surface area (Å²) in [4.78, 5) is 11.7. The van der Waals surface area contributed by atoms with E-state index in [4.69, 9.17) is 9.47 Å². The molecule has 2 aromatic rings. The molecule has 1 saturated heterocycles. The van der Waals surface area contributed by atoms with Gasteiger partial charge in [0.05, 0.1) is 18.3 Å². The summed E-state index contributed by atoms with van der Waals surface area (Å²) in [6.07, 6.45) is -5.39. The van der Waals surface area contributed by atoms with Gasteiger partial charge in [-0.25, -0.2) is 0 Å². The van der Waals surface area contributed by atoms with Gasteiger partial charge in [0.25, 0.3) is 0 Å². The molecule has 130 valence electrons. The quantitative estimate of drug-likeness (QED) is 0.594. The Hall–Kier alpha value is -1.97. The summed E-state index contributed by atoms with van der Waals surface area (Å²) in [6.45, 7) is 0.865. The molecule has 0 bridgehead atoms. The number of hydrogen-bond acceptors (Lipinski definition) is 7. The molecule has 8 nitrogen and oxygen atoms in total. The molecule has 1 aliphatic rings. The van der Waals surface area contributed by atoms with Gasteiger partial charge in [0.15, 0.2) is 0 Å². The zero-order chi connectivity index (χ0) is 17.4. The van der Waals surface area contributed by atoms with E-state index in [1.807, 2.05) is 0 Å². The maximum atomic E-state index is 11.7. The van der Waals surface area contributed by atoms with E-state index in [9.17, 15) is 25.2 Å². The number of benzene rings is 1. The van der Waals surface area contributed by atoms with Crippen LogP contribution in [0.3, 0.4) is 0 Å². The summed E-state index contributed by atoms with van der Waals surface area (Å²) in [5, 5.41) is 39.5. The monoisotopic (exact) mass is 337 g/mol. The van der Waals surface area contributed by atoms with Gasteiger partial charge in [0.2, 0.25) is 12.2 Å². The third kappa shape index (κ3) is 2.79. The summed E-state index contributed by atoms with van der Waals surface area (Å²) in [6, 6.07) is 7.04. The largest absolute Gasteiger partial charge is 0.460 e. The summed E-state index contributed by atoms with van der Waals surface area (Å²) in [5.41, 5.74) is 0.629. The number of aromatic nitrogens is 1. The van der Waals surface area contributed by atoms with Crippen molar-refractivity contribution in [2.24, 2.45) is 0 Å². The third-order valence-corrected chi connectivity index (χ3v) is 4.11. The number of fused-ring (bicyclic) bond motifs is 1. The van der Waals surface area contributed by atoms with E-state index >= 15 is 0 Å². The number of hydrogen-bond donors (Lipinski definition) is 4. The molecule has 3 rings (SSSR count). The van der Waals surface area contributed by atoms with E-state index in [2.05, 4.69) is 0 Å². The highest BCUT2D eigenvalue weighted by molar-refractivity contribution is 5.95. The number of nitrogens with zero attached hydrogens (tertiary/aromatic N) is 1. The van der Waals surface area contributed by atoms with E-state index < -0.39 is 37.3 Å². The standard InChI is InChI=1S/C16H19NO7/c1-8(19)17-6-11(9-4-2-3-5-10(9)17)23-16-15(22)14(21)13(20)12(7-18)24-16/h2-6,12-16,18,20-22H,7H2,1H3/t12-,13-,14+,15+,16+/m0/s1. The Morgan fingerprint density at radius 2 is 1.92 bits per heavy atom. The zero-order valence-electron chi connectivity index (χ0n) is 12.9. The Labute approximate surface area is 137 Å². The lowest BCUT2D eigenvalue weighted by Crippen LogP contribution is -2.60. The summed E-state index contributed by atoms with van der Waals surface area (Å²) in [7, 11) is 0. The van der Waals surface area contributed by atoms with Crippen molar-refractivity contribution >= 4 is 16.8 Å². The molecule has 0 radical (unpaired) electrons. The zero-order valence-corrected chi connectivity index (χ0v) is 12.9. The van der Waals surface area contributed by atoms with Crippen LogP contribution in [0, 0.1) is 0 Å². The molecule has 2 heterocycles. The van der Waals surface area contributed by atoms with Crippen molar-refractivity contribution in [1.29, 1.82) is 0 Å². The van der Waals surface area contributed by atoms with Gasteiger partial charge in [-0.05, 0) is 12.1 Å². The molecule has 0 amide bonds. The average molecular weight is 337 g/mol. The molecule has 0 unspecified atom stereocenters. The van der Waals surface area contributed by atoms with Crippen LogP contribution in [0.4, 0.5) is 0 Å². The first-order valence-electron chi connectivity index (χ1n) is 7.52. The van der Waals surface area contributed by atoms with Gasteiger partial charge in [-0.1, -0.05) is 12.1 Å². The van der Waals surface area contributed by atoms with Crippen LogP contribution in [0.5, 0.6) is 5.75 Å². The number of carbonyl (C=O) groups excluding carboxylic acids is 1. The molecular weight excluding hydrogens is 318 g/mol. The highest BCUT2D eigenvalue weighted by atomic mass is 16.7. The van der Waals surface area contributed by atoms with Gasteiger partial charge in [0, 0.05) is 12.3 Å². The smallest absolute Gasteiger partial charge is 0.229 e. The predicted molar refractivity (Wildman–Crippen MR) is 82.6 cm³/mol. The number of rotatable bonds is 3. The van der Waals surface area contributed by atoms with Crippen molar-refractivity contribution < 1.29 is 34.7 Å². The van der Waals surface area contributed by atoms with Crippen LogP contribution >= 0.6 is 0 Å². The fraction of sp³-hybridized carbons (Fsp3) is 0.438. The first-order valence-corrected chi connectivity index (χ1v) is 7.52. The van der Waals surface area contributed by atoms with Crippen molar-refractivity contribution in [3.8, 4) is 5.75 Å². The predicted octanol–water partition coefficient (Wildman–Crippen LogP) is -0.520. The van der Waals surface area contributed by atoms with Crippen molar-refractivity contribution in [3.05, 3.63) is 30.5 Å². The molecule has 1 fully saturated rings. The van der Waals surface area contributed by atoms with Crippen molar-refractivity contribution in [2.45, 2.75) is 37.6 Å². The summed E-state index contributed by atoms with van der Waals surface area (Å²) >= 11 is 0. The van der Waals surface area contributed by atoms with E-state index in [1.165, 1.54) is 17.7 Å². The Morgan fingerprint density at radius 3 is 2.58 bits per heavy atom. The Kier molecular flexibility index (Phi) is 4.57. The minimum absolute atomic E-state index is 0.213. The molecule has 0 aliphatic carbocycles. The van der Waals surface area contributed by atoms with Crippen LogP contribution in [0.25, 0.3) is 10.9 Å². The molecule has 1 aromatic carbocycles. The van der Waals surface area contributed by atoms with Gasteiger partial charge in [0.1, 0.15) is 30.2 Å². The number of aliphatic hydroxyl groups excluding tert-OH is 4. The van der Waals surface area contributed by atoms with E-state index in [0.29, 0.717) is 10.9 Å². The lowest BCUT2D eigenvalue weighted by molar-refractivity contribution is -0.277. The lowest BCUT2D eigenvalue weighted by Gasteiger charge is -2.39. The average Bonchev–Trinajstić information content (AvgIpc) is 2.94. The van der Waals surface area contributed by atoms with Crippen LogP contribution < -0.4 is 4.74 Å². The van der Waals surface area contributed by atoms with E-state index in [0.717, 1.165) is 0 Å². The second-order valence-corrected chi connectivity index (χ2v) is 5.71. The molecule has 8 heteroatoms. The van der Waals surface area contributed by atoms with Crippen molar-refractivity contribution in [2.75, 3.05) is 6.61 Å². The van der Waals surface area contributed by atoms with Gasteiger partial charge in [-0.2, -0.15) is 0 Å². The fourth-order valence-corrected chi connectivity index (χ4v) is 2.79. The summed E-state index contributed by atoms with van der Waals surface area (Å²) < 4.78 is 12.4. The minimum Gasteiger partial charge on any atom is -0.460 e. The number of para-hydroxylation sites is 1. The van der Waals surface area contributed by atoms with E-state index in [1.54, 1.807) is 24.3 Å². The Morgan fingerprint density at radius 1 is 1.21 bits per heavy atom. The van der Waals surface area contributed by atoms with Crippen LogP contribution in [0.2, 0.25) is 0 Å². The Bertz CT molecular complexity index is 741. The van der Waals surface area contributed by atoms with Crippen LogP contribution in [-0.2, 0) is 4.74 Å². The van der Waals surface area contributed by atoms with Crippen molar-refractivity contribution in [1.82, 2.24) is 4.57 Å². The molecular formula is C16H19NO7. The van der Waals surface area contributed by atoms with Gasteiger partial charge in [-0.3, -0.25) is 9.36 Å². The first-order chi connectivity index (χ1) is 11.4. The highest BCUT2D eigenvalue weighted by Gasteiger charge is 2.44. The number of carbonyl (C=O) groups is 1. The molecule has 24 heavy (non-hydrogen) atoms. The fourth-order valence-electron chi connectivity index (χ4n) is 2.79. The third-order valence-electron chi connectivity index (χ3n) is 4.11. The highest BCUT2D eigenvalue weighted by Crippen LogP contribution is 2.31. The maximum absolute atomic E-state index is 11.7. The normalized spacial score (nSPS) is 30.5. The van der Waals surface area contributed by atoms with Gasteiger partial charge in [-0.15, -0.1) is 0 Å². The first kappa shape index (κ1) is 16.9. The maximum Gasteiger partial charge on any atom is 0.229 e. The summed E-state index contributed by atoms with van der Waals surface area (Å²) in [5.74, 6) is 0.0694. The van der Waals surface area contributed by atoms with Crippen LogP contribution in [0.15, 0.2) is 30.5 Å². The molecule has 1 aliphatic heterocycles. The molecule has 0 saturated carbocycles. The van der Waals surface area contributed by atoms with Crippen LogP contribution in [0.1, 0.15) is 11.7 Å². The minimum atomic E-state index is -1.53. The lowest BCUT2D eigenvalue weighted by atomic mass is 9.99. The van der Waals surface area contributed by atoms with Crippen molar-refractivity contribution in [3.63, 3.8) is 0 Å². The SMILES string of the molecule is CC(=O)n1cc(O[C@@H]2O[C@@H](CO)[C@H](O)[C@@H](O)[C@H]2O)c2ccccc21. The topological polar surface area (TPSA) is 121 Å². The molecule has 4 N–H and O–H groups in total. The van der Waals surface area contributed by atoms with Gasteiger partial charge < -0.3 is 29.9 Å². The second kappa shape index (κ2) is 6.50. The molecule has 5 atom stereocenters. The Balaban J connectivity index is 1.93. The van der Waals surface area contributed by atoms with Crippen LogP contribution in [-0.4, -0.2) is 68.2 Å². The molecule has 0 spiro atoms. The van der Waals surface area contributed by atoms with Gasteiger partial charge >= 0.3 is 0 Å². The number of aliphatic hydroxyl groups is 4. The number of ether oxygens (including phenoxy) is 2.